The van der Waals surface area contributed by atoms with Gasteiger partial charge in [-0.05, 0) is 43.7 Å². The van der Waals surface area contributed by atoms with Crippen LogP contribution in [0.2, 0.25) is 0 Å². The number of anilines is 1. The third-order valence-electron chi connectivity index (χ3n) is 4.51. The molecule has 0 bridgehead atoms. The summed E-state index contributed by atoms with van der Waals surface area (Å²) in [5.41, 5.74) is 1.22. The Balaban J connectivity index is 2.34. The van der Waals surface area contributed by atoms with Gasteiger partial charge in [-0.3, -0.25) is 13.9 Å². The molecule has 7 nitrogen and oxygen atoms in total. The number of carbonyl (C=O) groups excluding carboxylic acids is 2. The number of benzene rings is 2. The molecule has 0 aliphatic carbocycles. The van der Waals surface area contributed by atoms with E-state index < -0.39 is 28.5 Å². The third-order valence-corrected chi connectivity index (χ3v) is 6.18. The molecular weight excluding hydrogens is 470 g/mol. The van der Waals surface area contributed by atoms with Crippen LogP contribution in [0.1, 0.15) is 19.4 Å². The maximum Gasteiger partial charge on any atom is 0.244 e. The summed E-state index contributed by atoms with van der Waals surface area (Å²) < 4.78 is 26.6. The van der Waals surface area contributed by atoms with Crippen molar-refractivity contribution in [1.29, 1.82) is 0 Å². The fourth-order valence-electron chi connectivity index (χ4n) is 2.91. The Hall–Kier alpha value is -2.39. The van der Waals surface area contributed by atoms with Gasteiger partial charge in [-0.1, -0.05) is 46.3 Å². The Labute approximate surface area is 186 Å². The monoisotopic (exact) mass is 495 g/mol. The molecule has 2 aromatic carbocycles. The molecule has 30 heavy (non-hydrogen) atoms. The molecule has 0 aliphatic rings. The van der Waals surface area contributed by atoms with Crippen molar-refractivity contribution in [1.82, 2.24) is 10.2 Å². The van der Waals surface area contributed by atoms with Crippen LogP contribution in [0.4, 0.5) is 5.69 Å². The summed E-state index contributed by atoms with van der Waals surface area (Å²) in [6, 6.07) is 15.2. The van der Waals surface area contributed by atoms with Crippen LogP contribution in [-0.4, -0.2) is 50.5 Å². The lowest BCUT2D eigenvalue weighted by atomic mass is 10.1. The molecule has 0 saturated heterocycles. The molecule has 1 unspecified atom stereocenters. The van der Waals surface area contributed by atoms with Gasteiger partial charge >= 0.3 is 0 Å². The summed E-state index contributed by atoms with van der Waals surface area (Å²) in [5.74, 6) is -0.762. The smallest absolute Gasteiger partial charge is 0.244 e. The van der Waals surface area contributed by atoms with Crippen LogP contribution in [0.3, 0.4) is 0 Å². The van der Waals surface area contributed by atoms with Crippen LogP contribution < -0.4 is 9.62 Å². The van der Waals surface area contributed by atoms with Gasteiger partial charge in [0.2, 0.25) is 21.8 Å². The Morgan fingerprint density at radius 3 is 2.20 bits per heavy atom. The molecule has 0 heterocycles. The molecule has 0 aliphatic heterocycles. The molecule has 1 N–H and O–H groups in total. The molecule has 9 heteroatoms. The summed E-state index contributed by atoms with van der Waals surface area (Å²) in [6.45, 7) is 3.65. The van der Waals surface area contributed by atoms with Crippen LogP contribution >= 0.6 is 15.9 Å². The Bertz CT molecular complexity index is 966. The van der Waals surface area contributed by atoms with Crippen LogP contribution in [0.25, 0.3) is 0 Å². The number of nitrogens with zero attached hydrogens (tertiary/aromatic N) is 2. The minimum atomic E-state index is -3.72. The molecule has 1 atom stereocenters. The predicted molar refractivity (Wildman–Crippen MR) is 121 cm³/mol. The maximum absolute atomic E-state index is 13.2. The topological polar surface area (TPSA) is 86.8 Å². The zero-order valence-corrected chi connectivity index (χ0v) is 19.6. The van der Waals surface area contributed by atoms with Gasteiger partial charge in [0.1, 0.15) is 12.6 Å². The minimum Gasteiger partial charge on any atom is -0.355 e. The average Bonchev–Trinajstić information content (AvgIpc) is 2.70. The summed E-state index contributed by atoms with van der Waals surface area (Å²) in [6.07, 6.45) is 1.05. The highest BCUT2D eigenvalue weighted by atomic mass is 79.9. The summed E-state index contributed by atoms with van der Waals surface area (Å²) in [5, 5.41) is 2.72. The third kappa shape index (κ3) is 6.56. The lowest BCUT2D eigenvalue weighted by Crippen LogP contribution is -2.51. The second-order valence-electron chi connectivity index (χ2n) is 6.82. The number of hydrogen-bond acceptors (Lipinski definition) is 4. The molecule has 0 spiro atoms. The number of rotatable bonds is 9. The Morgan fingerprint density at radius 2 is 1.67 bits per heavy atom. The summed E-state index contributed by atoms with van der Waals surface area (Å²) in [4.78, 5) is 27.1. The first-order valence-electron chi connectivity index (χ1n) is 9.48. The molecule has 0 aromatic heterocycles. The van der Waals surface area contributed by atoms with E-state index in [4.69, 9.17) is 0 Å². The van der Waals surface area contributed by atoms with E-state index in [0.29, 0.717) is 12.2 Å². The largest absolute Gasteiger partial charge is 0.355 e. The Morgan fingerprint density at radius 1 is 1.07 bits per heavy atom. The molecule has 0 fully saturated rings. The van der Waals surface area contributed by atoms with E-state index in [1.165, 1.54) is 4.90 Å². The fourth-order valence-corrected chi connectivity index (χ4v) is 4.02. The Kier molecular flexibility index (Phi) is 8.43. The number of carbonyl (C=O) groups is 2. The maximum atomic E-state index is 13.2. The van der Waals surface area contributed by atoms with E-state index in [1.54, 1.807) is 38.1 Å². The van der Waals surface area contributed by atoms with E-state index in [9.17, 15) is 18.0 Å². The SMILES string of the molecule is CCNC(=O)C(C)N(Cc1ccccc1)C(=O)CN(c1ccc(Br)cc1)S(C)(=O)=O. The fraction of sp³-hybridized carbons (Fsp3) is 0.333. The molecule has 2 rings (SSSR count). The summed E-state index contributed by atoms with van der Waals surface area (Å²) in [7, 11) is -3.72. The number of hydrogen-bond donors (Lipinski definition) is 1. The van der Waals surface area contributed by atoms with Crippen molar-refractivity contribution in [2.45, 2.75) is 26.4 Å². The number of amides is 2. The van der Waals surface area contributed by atoms with E-state index in [2.05, 4.69) is 21.2 Å². The second-order valence-corrected chi connectivity index (χ2v) is 9.65. The van der Waals surface area contributed by atoms with Gasteiger partial charge in [0.05, 0.1) is 11.9 Å². The van der Waals surface area contributed by atoms with Gasteiger partial charge in [-0.2, -0.15) is 0 Å². The standard InChI is InChI=1S/C21H26BrN3O4S/c1-4-23-21(27)16(2)24(14-17-8-6-5-7-9-17)20(26)15-25(30(3,28)29)19-12-10-18(22)11-13-19/h5-13,16H,4,14-15H2,1-3H3,(H,23,27). The molecule has 0 radical (unpaired) electrons. The first-order chi connectivity index (χ1) is 14.1. The van der Waals surface area contributed by atoms with Gasteiger partial charge in [0, 0.05) is 17.6 Å². The van der Waals surface area contributed by atoms with Gasteiger partial charge < -0.3 is 10.2 Å². The summed E-state index contributed by atoms with van der Waals surface area (Å²) >= 11 is 3.32. The van der Waals surface area contributed by atoms with Crippen molar-refractivity contribution in [3.63, 3.8) is 0 Å². The number of nitrogens with one attached hydrogen (secondary N) is 1. The van der Waals surface area contributed by atoms with Gasteiger partial charge in [0.15, 0.2) is 0 Å². The van der Waals surface area contributed by atoms with Gasteiger partial charge in [0.25, 0.3) is 0 Å². The first-order valence-corrected chi connectivity index (χ1v) is 12.1. The lowest BCUT2D eigenvalue weighted by Gasteiger charge is -2.31. The van der Waals surface area contributed by atoms with Crippen molar-refractivity contribution in [2.75, 3.05) is 23.7 Å². The molecule has 2 aromatic rings. The highest BCUT2D eigenvalue weighted by Crippen LogP contribution is 2.21. The molecule has 2 amide bonds. The second kappa shape index (κ2) is 10.6. The van der Waals surface area contributed by atoms with Crippen molar-refractivity contribution in [3.05, 3.63) is 64.6 Å². The van der Waals surface area contributed by atoms with Gasteiger partial charge in [-0.25, -0.2) is 8.42 Å². The number of sulfonamides is 1. The normalized spacial score (nSPS) is 12.1. The number of halogens is 1. The van der Waals surface area contributed by atoms with Gasteiger partial charge in [-0.15, -0.1) is 0 Å². The van der Waals surface area contributed by atoms with Crippen molar-refractivity contribution >= 4 is 43.5 Å². The van der Waals surface area contributed by atoms with E-state index in [-0.39, 0.29) is 12.5 Å². The quantitative estimate of drug-likeness (QED) is 0.579. The molecule has 162 valence electrons. The van der Waals surface area contributed by atoms with Crippen LogP contribution in [0, 0.1) is 0 Å². The average molecular weight is 496 g/mol. The van der Waals surface area contributed by atoms with Crippen molar-refractivity contribution in [3.8, 4) is 0 Å². The van der Waals surface area contributed by atoms with Crippen LogP contribution in [-0.2, 0) is 26.2 Å². The van der Waals surface area contributed by atoms with Crippen molar-refractivity contribution < 1.29 is 18.0 Å². The molecular formula is C21H26BrN3O4S. The highest BCUT2D eigenvalue weighted by Gasteiger charge is 2.29. The highest BCUT2D eigenvalue weighted by molar-refractivity contribution is 9.10. The zero-order chi connectivity index (χ0) is 22.3. The minimum absolute atomic E-state index is 0.190. The van der Waals surface area contributed by atoms with Crippen LogP contribution in [0.5, 0.6) is 0 Å². The van der Waals surface area contributed by atoms with Crippen LogP contribution in [0.15, 0.2) is 59.1 Å². The van der Waals surface area contributed by atoms with E-state index in [0.717, 1.165) is 20.6 Å². The predicted octanol–water partition coefficient (Wildman–Crippen LogP) is 2.77. The zero-order valence-electron chi connectivity index (χ0n) is 17.2. The number of likely N-dealkylation sites (N-methyl/N-ethyl adjacent to an activating group) is 1. The van der Waals surface area contributed by atoms with Crippen molar-refractivity contribution in [2.24, 2.45) is 0 Å². The first kappa shape index (κ1) is 23.9. The van der Waals surface area contributed by atoms with E-state index in [1.807, 2.05) is 30.3 Å². The lowest BCUT2D eigenvalue weighted by molar-refractivity contribution is -0.139. The van der Waals surface area contributed by atoms with E-state index >= 15 is 0 Å². The molecule has 0 saturated carbocycles.